The lowest BCUT2D eigenvalue weighted by Gasteiger charge is -2.31. The van der Waals surface area contributed by atoms with Crippen LogP contribution < -0.4 is 5.56 Å². The van der Waals surface area contributed by atoms with Gasteiger partial charge in [-0.25, -0.2) is 0 Å². The summed E-state index contributed by atoms with van der Waals surface area (Å²) in [6, 6.07) is 11.6. The van der Waals surface area contributed by atoms with Crippen LogP contribution in [0.3, 0.4) is 0 Å². The summed E-state index contributed by atoms with van der Waals surface area (Å²) in [5.41, 5.74) is 2.73. The van der Waals surface area contributed by atoms with Crippen molar-refractivity contribution in [2.24, 2.45) is 10.9 Å². The molecule has 0 saturated heterocycles. The number of pyridine rings is 1. The van der Waals surface area contributed by atoms with E-state index < -0.39 is 11.8 Å². The number of carbonyl (C=O) groups is 1. The predicted octanol–water partition coefficient (Wildman–Crippen LogP) is 3.22. The Morgan fingerprint density at radius 1 is 1.21 bits per heavy atom. The summed E-state index contributed by atoms with van der Waals surface area (Å²) < 4.78 is 7.08. The first-order chi connectivity index (χ1) is 13.9. The molecule has 2 heterocycles. The zero-order valence-corrected chi connectivity index (χ0v) is 17.6. The Bertz CT molecular complexity index is 948. The third kappa shape index (κ3) is 4.48. The van der Waals surface area contributed by atoms with Crippen LogP contribution in [0.25, 0.3) is 0 Å². The second-order valence-electron chi connectivity index (χ2n) is 7.64. The monoisotopic (exact) mass is 395 g/mol. The van der Waals surface area contributed by atoms with Crippen LogP contribution in [0.1, 0.15) is 37.3 Å². The van der Waals surface area contributed by atoms with Gasteiger partial charge in [-0.3, -0.25) is 14.6 Å². The number of rotatable bonds is 7. The van der Waals surface area contributed by atoms with Gasteiger partial charge in [0, 0.05) is 24.4 Å². The largest absolute Gasteiger partial charge is 0.465 e. The fourth-order valence-electron chi connectivity index (χ4n) is 3.93. The number of nitrogens with zero attached hydrogens (tertiary/aromatic N) is 3. The van der Waals surface area contributed by atoms with Crippen molar-refractivity contribution in [1.29, 1.82) is 0 Å². The number of hydrogen-bond acceptors (Lipinski definition) is 5. The third-order valence-corrected chi connectivity index (χ3v) is 5.27. The normalized spacial score (nSPS) is 18.3. The van der Waals surface area contributed by atoms with Gasteiger partial charge in [0.2, 0.25) is 0 Å². The van der Waals surface area contributed by atoms with Crippen LogP contribution in [-0.2, 0) is 16.1 Å². The highest BCUT2D eigenvalue weighted by Gasteiger charge is 2.40. The molecule has 0 fully saturated rings. The zero-order valence-electron chi connectivity index (χ0n) is 17.6. The minimum absolute atomic E-state index is 0.0827. The first-order valence-corrected chi connectivity index (χ1v) is 10.1. The van der Waals surface area contributed by atoms with Crippen LogP contribution in [0.4, 0.5) is 5.69 Å². The van der Waals surface area contributed by atoms with Gasteiger partial charge in [0.1, 0.15) is 5.92 Å². The quantitative estimate of drug-likeness (QED) is 0.676. The van der Waals surface area contributed by atoms with Crippen LogP contribution in [0.15, 0.2) is 52.4 Å². The van der Waals surface area contributed by atoms with Gasteiger partial charge in [0.25, 0.3) is 5.56 Å². The molecule has 0 radical (unpaired) electrons. The molecule has 0 saturated carbocycles. The minimum atomic E-state index is -0.602. The van der Waals surface area contributed by atoms with E-state index in [0.717, 1.165) is 18.5 Å². The fourth-order valence-corrected chi connectivity index (χ4v) is 3.93. The van der Waals surface area contributed by atoms with Crippen molar-refractivity contribution >= 4 is 17.4 Å². The van der Waals surface area contributed by atoms with Crippen molar-refractivity contribution in [2.45, 2.75) is 32.7 Å². The number of hydrogen-bond donors (Lipinski definition) is 0. The van der Waals surface area contributed by atoms with Crippen LogP contribution in [0, 0.1) is 5.92 Å². The van der Waals surface area contributed by atoms with E-state index >= 15 is 0 Å². The van der Waals surface area contributed by atoms with Crippen LogP contribution in [0.5, 0.6) is 0 Å². The fraction of sp³-hybridized carbons (Fsp3) is 0.435. The number of carbonyl (C=O) groups excluding carboxylic acids is 1. The molecule has 0 amide bonds. The summed E-state index contributed by atoms with van der Waals surface area (Å²) in [5.74, 6) is -1.35. The first-order valence-electron chi connectivity index (χ1n) is 10.1. The SMILES string of the molecule is CCOC(=O)C1C(C)=Nc2ccn(CCCN(C)C)c(=O)c2C1c1ccccc1. The minimum Gasteiger partial charge on any atom is -0.465 e. The Hall–Kier alpha value is -2.73. The van der Waals surface area contributed by atoms with Crippen molar-refractivity contribution in [2.75, 3.05) is 27.2 Å². The standard InChI is InChI=1S/C23H29N3O3/c1-5-29-23(28)19-16(2)24-18-12-15-26(14-9-13-25(3)4)22(27)21(18)20(19)17-10-7-6-8-11-17/h6-8,10-12,15,19-20H,5,9,13-14H2,1-4H3. The maximum Gasteiger partial charge on any atom is 0.315 e. The summed E-state index contributed by atoms with van der Waals surface area (Å²) in [4.78, 5) is 33.0. The summed E-state index contributed by atoms with van der Waals surface area (Å²) in [6.07, 6.45) is 2.67. The van der Waals surface area contributed by atoms with E-state index in [2.05, 4.69) is 9.89 Å². The Morgan fingerprint density at radius 3 is 2.59 bits per heavy atom. The van der Waals surface area contributed by atoms with Gasteiger partial charge in [-0.15, -0.1) is 0 Å². The van der Waals surface area contributed by atoms with E-state index in [1.54, 1.807) is 17.7 Å². The molecule has 3 rings (SSSR count). The number of ether oxygens (including phenoxy) is 1. The Balaban J connectivity index is 2.11. The molecule has 2 unspecified atom stereocenters. The number of aromatic nitrogens is 1. The molecule has 1 aromatic heterocycles. The van der Waals surface area contributed by atoms with Gasteiger partial charge >= 0.3 is 5.97 Å². The maximum absolute atomic E-state index is 13.4. The molecule has 1 aromatic carbocycles. The number of aryl methyl sites for hydroxylation is 1. The average molecular weight is 396 g/mol. The number of esters is 1. The smallest absolute Gasteiger partial charge is 0.315 e. The Kier molecular flexibility index (Phi) is 6.64. The molecule has 6 nitrogen and oxygen atoms in total. The van der Waals surface area contributed by atoms with Crippen molar-refractivity contribution in [1.82, 2.24) is 9.47 Å². The lowest BCUT2D eigenvalue weighted by Crippen LogP contribution is -2.38. The molecular formula is C23H29N3O3. The molecule has 1 aliphatic rings. The van der Waals surface area contributed by atoms with Crippen molar-refractivity contribution < 1.29 is 9.53 Å². The molecule has 0 aliphatic carbocycles. The predicted molar refractivity (Wildman–Crippen MR) is 115 cm³/mol. The molecule has 154 valence electrons. The molecular weight excluding hydrogens is 366 g/mol. The molecule has 0 spiro atoms. The topological polar surface area (TPSA) is 63.9 Å². The van der Waals surface area contributed by atoms with E-state index in [0.29, 0.717) is 30.1 Å². The van der Waals surface area contributed by atoms with Gasteiger partial charge in [0.15, 0.2) is 0 Å². The second-order valence-corrected chi connectivity index (χ2v) is 7.64. The van der Waals surface area contributed by atoms with Crippen molar-refractivity contribution in [3.8, 4) is 0 Å². The average Bonchev–Trinajstić information content (AvgIpc) is 2.69. The molecule has 29 heavy (non-hydrogen) atoms. The van der Waals surface area contributed by atoms with Crippen LogP contribution in [-0.4, -0.2) is 48.4 Å². The molecule has 2 aromatic rings. The third-order valence-electron chi connectivity index (χ3n) is 5.27. The Labute approximate surface area is 171 Å². The highest BCUT2D eigenvalue weighted by molar-refractivity contribution is 6.05. The first kappa shape index (κ1) is 21.0. The van der Waals surface area contributed by atoms with E-state index in [-0.39, 0.29) is 11.5 Å². The van der Waals surface area contributed by atoms with Gasteiger partial charge < -0.3 is 14.2 Å². The lowest BCUT2D eigenvalue weighted by atomic mass is 9.76. The van der Waals surface area contributed by atoms with Crippen molar-refractivity contribution in [3.05, 3.63) is 64.1 Å². The van der Waals surface area contributed by atoms with E-state index in [1.807, 2.05) is 57.4 Å². The number of fused-ring (bicyclic) bond motifs is 1. The van der Waals surface area contributed by atoms with Crippen molar-refractivity contribution in [3.63, 3.8) is 0 Å². The molecule has 1 aliphatic heterocycles. The molecule has 2 atom stereocenters. The zero-order chi connectivity index (χ0) is 21.0. The summed E-state index contributed by atoms with van der Waals surface area (Å²) in [5, 5.41) is 0. The maximum atomic E-state index is 13.4. The number of aliphatic imine (C=N–C) groups is 1. The Morgan fingerprint density at radius 2 is 1.93 bits per heavy atom. The lowest BCUT2D eigenvalue weighted by molar-refractivity contribution is -0.146. The molecule has 0 bridgehead atoms. The highest BCUT2D eigenvalue weighted by atomic mass is 16.5. The van der Waals surface area contributed by atoms with Gasteiger partial charge in [-0.2, -0.15) is 0 Å². The summed E-state index contributed by atoms with van der Waals surface area (Å²) in [6.45, 7) is 5.44. The van der Waals surface area contributed by atoms with Gasteiger partial charge in [-0.1, -0.05) is 30.3 Å². The summed E-state index contributed by atoms with van der Waals surface area (Å²) in [7, 11) is 4.03. The number of benzene rings is 1. The van der Waals surface area contributed by atoms with Crippen LogP contribution >= 0.6 is 0 Å². The van der Waals surface area contributed by atoms with E-state index in [4.69, 9.17) is 4.74 Å². The van der Waals surface area contributed by atoms with E-state index in [9.17, 15) is 9.59 Å². The summed E-state index contributed by atoms with van der Waals surface area (Å²) >= 11 is 0. The second kappa shape index (κ2) is 9.18. The van der Waals surface area contributed by atoms with E-state index in [1.165, 1.54) is 0 Å². The van der Waals surface area contributed by atoms with Crippen LogP contribution in [0.2, 0.25) is 0 Å². The molecule has 6 heteroatoms. The highest BCUT2D eigenvalue weighted by Crippen LogP contribution is 2.41. The van der Waals surface area contributed by atoms with Gasteiger partial charge in [0.05, 0.1) is 17.9 Å². The molecule has 0 N–H and O–H groups in total. The van der Waals surface area contributed by atoms with Gasteiger partial charge in [-0.05, 0) is 52.5 Å².